The van der Waals surface area contributed by atoms with E-state index in [0.717, 1.165) is 5.56 Å². The van der Waals surface area contributed by atoms with Crippen LogP contribution in [0.4, 0.5) is 11.5 Å². The minimum absolute atomic E-state index is 0.00455. The molecule has 3 rings (SSSR count). The molecule has 0 saturated heterocycles. The summed E-state index contributed by atoms with van der Waals surface area (Å²) in [6, 6.07) is 5.02. The molecule has 1 aromatic heterocycles. The van der Waals surface area contributed by atoms with E-state index in [1.54, 1.807) is 12.1 Å². The third-order valence-electron chi connectivity index (χ3n) is 3.43. The Hall–Kier alpha value is -3.16. The molecule has 118 valence electrons. The molecule has 0 spiro atoms. The Kier molecular flexibility index (Phi) is 3.80. The zero-order valence-electron chi connectivity index (χ0n) is 12.4. The number of aromatic nitrogens is 2. The van der Waals surface area contributed by atoms with Crippen molar-refractivity contribution in [3.8, 4) is 5.75 Å². The Balaban J connectivity index is 1.77. The Morgan fingerprint density at radius 2 is 2.17 bits per heavy atom. The lowest BCUT2D eigenvalue weighted by Crippen LogP contribution is -2.29. The molecule has 1 atom stereocenters. The van der Waals surface area contributed by atoms with Crippen molar-refractivity contribution in [2.75, 3.05) is 17.7 Å². The maximum Gasteiger partial charge on any atom is 0.274 e. The molecule has 2 aromatic rings. The average molecular weight is 313 g/mol. The van der Waals surface area contributed by atoms with Crippen LogP contribution in [0.15, 0.2) is 30.6 Å². The van der Waals surface area contributed by atoms with Crippen molar-refractivity contribution in [2.24, 2.45) is 0 Å². The molecular weight excluding hydrogens is 298 g/mol. The van der Waals surface area contributed by atoms with Gasteiger partial charge in [-0.1, -0.05) is 6.07 Å². The first-order valence-electron chi connectivity index (χ1n) is 6.98. The summed E-state index contributed by atoms with van der Waals surface area (Å²) >= 11 is 0. The summed E-state index contributed by atoms with van der Waals surface area (Å²) in [6.45, 7) is 1.82. The molecule has 0 saturated carbocycles. The molecule has 0 unspecified atom stereocenters. The Morgan fingerprint density at radius 1 is 1.39 bits per heavy atom. The van der Waals surface area contributed by atoms with Gasteiger partial charge in [0.1, 0.15) is 5.75 Å². The zero-order valence-corrected chi connectivity index (χ0v) is 12.4. The molecule has 1 aliphatic heterocycles. The van der Waals surface area contributed by atoms with E-state index in [-0.39, 0.29) is 30.1 Å². The molecule has 0 aliphatic carbocycles. The van der Waals surface area contributed by atoms with Gasteiger partial charge < -0.3 is 21.1 Å². The number of nitrogens with zero attached hydrogens (tertiary/aromatic N) is 2. The van der Waals surface area contributed by atoms with E-state index >= 15 is 0 Å². The number of hydrogen-bond donors (Lipinski definition) is 3. The van der Waals surface area contributed by atoms with Crippen molar-refractivity contribution in [1.82, 2.24) is 15.3 Å². The number of nitrogens with one attached hydrogen (secondary N) is 2. The van der Waals surface area contributed by atoms with Gasteiger partial charge in [0.2, 0.25) is 0 Å². The Labute approximate surface area is 132 Å². The summed E-state index contributed by atoms with van der Waals surface area (Å²) in [5.74, 6) is 0.0492. The highest BCUT2D eigenvalue weighted by atomic mass is 16.5. The molecule has 4 N–H and O–H groups in total. The molecule has 1 aromatic carbocycles. The third-order valence-corrected chi connectivity index (χ3v) is 3.43. The summed E-state index contributed by atoms with van der Waals surface area (Å²) < 4.78 is 5.30. The van der Waals surface area contributed by atoms with Crippen LogP contribution in [-0.4, -0.2) is 28.4 Å². The Morgan fingerprint density at radius 3 is 2.96 bits per heavy atom. The molecule has 2 heterocycles. The van der Waals surface area contributed by atoms with Crippen LogP contribution in [-0.2, 0) is 4.79 Å². The predicted octanol–water partition coefficient (Wildman–Crippen LogP) is 0.881. The number of carbonyl (C=O) groups excluding carboxylic acids is 2. The fraction of sp³-hybridized carbons (Fsp3) is 0.200. The standard InChI is InChI=1S/C15H15N5O3/c1-8(19-15(22)13-14(16)18-5-4-17-13)9-2-3-11-10(6-9)20-12(21)7-23-11/h2-6,8H,7H2,1H3,(H2,16,18)(H,19,22)(H,20,21)/t8-/m0/s1. The SMILES string of the molecule is C[C@H](NC(=O)c1nccnc1N)c1ccc2c(c1)NC(=O)CO2. The van der Waals surface area contributed by atoms with Crippen molar-refractivity contribution in [2.45, 2.75) is 13.0 Å². The summed E-state index contributed by atoms with van der Waals surface area (Å²) in [6.07, 6.45) is 2.82. The highest BCUT2D eigenvalue weighted by Crippen LogP contribution is 2.30. The van der Waals surface area contributed by atoms with Crippen molar-refractivity contribution in [3.05, 3.63) is 41.9 Å². The lowest BCUT2D eigenvalue weighted by Gasteiger charge is -2.21. The number of rotatable bonds is 3. The van der Waals surface area contributed by atoms with Crippen LogP contribution in [0.3, 0.4) is 0 Å². The van der Waals surface area contributed by atoms with Crippen LogP contribution in [0, 0.1) is 0 Å². The van der Waals surface area contributed by atoms with Gasteiger partial charge in [-0.05, 0) is 24.6 Å². The van der Waals surface area contributed by atoms with Crippen LogP contribution in [0.1, 0.15) is 29.0 Å². The van der Waals surface area contributed by atoms with Crippen molar-refractivity contribution >= 4 is 23.3 Å². The average Bonchev–Trinajstić information content (AvgIpc) is 2.54. The van der Waals surface area contributed by atoms with Crippen LogP contribution in [0.5, 0.6) is 5.75 Å². The Bertz CT molecular complexity index is 777. The number of nitrogens with two attached hydrogens (primary N) is 1. The molecule has 0 radical (unpaired) electrons. The quantitative estimate of drug-likeness (QED) is 0.774. The van der Waals surface area contributed by atoms with E-state index < -0.39 is 5.91 Å². The second-order valence-corrected chi connectivity index (χ2v) is 5.08. The number of nitrogen functional groups attached to an aromatic ring is 1. The summed E-state index contributed by atoms with van der Waals surface area (Å²) in [5, 5.41) is 5.53. The molecule has 0 bridgehead atoms. The summed E-state index contributed by atoms with van der Waals surface area (Å²) in [5.41, 5.74) is 7.11. The van der Waals surface area contributed by atoms with Crippen molar-refractivity contribution in [1.29, 1.82) is 0 Å². The van der Waals surface area contributed by atoms with E-state index in [2.05, 4.69) is 20.6 Å². The van der Waals surface area contributed by atoms with Gasteiger partial charge in [0, 0.05) is 12.4 Å². The fourth-order valence-electron chi connectivity index (χ4n) is 2.24. The lowest BCUT2D eigenvalue weighted by molar-refractivity contribution is -0.118. The number of amides is 2. The monoisotopic (exact) mass is 313 g/mol. The van der Waals surface area contributed by atoms with Crippen LogP contribution in [0.2, 0.25) is 0 Å². The molecule has 23 heavy (non-hydrogen) atoms. The number of carbonyl (C=O) groups is 2. The maximum absolute atomic E-state index is 12.2. The molecule has 8 heteroatoms. The maximum atomic E-state index is 12.2. The normalized spacial score (nSPS) is 14.2. The number of anilines is 2. The predicted molar refractivity (Wildman–Crippen MR) is 82.9 cm³/mol. The first-order chi connectivity index (χ1) is 11.0. The van der Waals surface area contributed by atoms with E-state index in [1.807, 2.05) is 13.0 Å². The topological polar surface area (TPSA) is 119 Å². The first-order valence-corrected chi connectivity index (χ1v) is 6.98. The van der Waals surface area contributed by atoms with Crippen LogP contribution in [0.25, 0.3) is 0 Å². The van der Waals surface area contributed by atoms with Gasteiger partial charge >= 0.3 is 0 Å². The highest BCUT2D eigenvalue weighted by Gasteiger charge is 2.19. The molecular formula is C15H15N5O3. The van der Waals surface area contributed by atoms with Gasteiger partial charge in [0.15, 0.2) is 18.1 Å². The highest BCUT2D eigenvalue weighted by molar-refractivity contribution is 5.97. The number of ether oxygens (including phenoxy) is 1. The van der Waals surface area contributed by atoms with Gasteiger partial charge in [-0.25, -0.2) is 9.97 Å². The number of benzene rings is 1. The van der Waals surface area contributed by atoms with E-state index in [4.69, 9.17) is 10.5 Å². The second kappa shape index (κ2) is 5.91. The molecule has 2 amide bonds. The molecule has 1 aliphatic rings. The minimum atomic E-state index is -0.416. The van der Waals surface area contributed by atoms with E-state index in [1.165, 1.54) is 12.4 Å². The summed E-state index contributed by atoms with van der Waals surface area (Å²) in [4.78, 5) is 31.3. The fourth-order valence-corrected chi connectivity index (χ4v) is 2.24. The number of hydrogen-bond acceptors (Lipinski definition) is 6. The third kappa shape index (κ3) is 3.05. The molecule has 8 nitrogen and oxygen atoms in total. The van der Waals surface area contributed by atoms with Crippen molar-refractivity contribution in [3.63, 3.8) is 0 Å². The van der Waals surface area contributed by atoms with Gasteiger partial charge in [-0.15, -0.1) is 0 Å². The van der Waals surface area contributed by atoms with E-state index in [0.29, 0.717) is 11.4 Å². The van der Waals surface area contributed by atoms with Crippen LogP contribution >= 0.6 is 0 Å². The van der Waals surface area contributed by atoms with E-state index in [9.17, 15) is 9.59 Å². The van der Waals surface area contributed by atoms with Gasteiger partial charge in [0.05, 0.1) is 11.7 Å². The second-order valence-electron chi connectivity index (χ2n) is 5.08. The summed E-state index contributed by atoms with van der Waals surface area (Å²) in [7, 11) is 0. The van der Waals surface area contributed by atoms with Crippen molar-refractivity contribution < 1.29 is 14.3 Å². The van der Waals surface area contributed by atoms with Gasteiger partial charge in [-0.2, -0.15) is 0 Å². The van der Waals surface area contributed by atoms with Gasteiger partial charge in [0.25, 0.3) is 11.8 Å². The largest absolute Gasteiger partial charge is 0.482 e. The first kappa shape index (κ1) is 14.8. The lowest BCUT2D eigenvalue weighted by atomic mass is 10.1. The molecule has 0 fully saturated rings. The van der Waals surface area contributed by atoms with Gasteiger partial charge in [-0.3, -0.25) is 9.59 Å². The van der Waals surface area contributed by atoms with Crippen LogP contribution < -0.4 is 21.1 Å². The zero-order chi connectivity index (χ0) is 16.4. The smallest absolute Gasteiger partial charge is 0.274 e. The number of fused-ring (bicyclic) bond motifs is 1. The minimum Gasteiger partial charge on any atom is -0.482 e.